The first-order chi connectivity index (χ1) is 11.9. The molecule has 8 nitrogen and oxygen atoms in total. The molecule has 0 saturated carbocycles. The summed E-state index contributed by atoms with van der Waals surface area (Å²) < 4.78 is 23.9. The SMILES string of the molecule is CCOC(=O)C1=C(N)Oc2[nH]c(=O)[nH]c(=O)c2[C@@H]1c1cccc(F)c1. The van der Waals surface area contributed by atoms with Crippen molar-refractivity contribution in [3.63, 3.8) is 0 Å². The van der Waals surface area contributed by atoms with Crippen molar-refractivity contribution in [3.05, 3.63) is 73.5 Å². The number of hydrogen-bond donors (Lipinski definition) is 3. The number of ether oxygens (including phenoxy) is 2. The summed E-state index contributed by atoms with van der Waals surface area (Å²) >= 11 is 0. The zero-order chi connectivity index (χ0) is 18.1. The van der Waals surface area contributed by atoms with E-state index in [9.17, 15) is 18.8 Å². The molecule has 0 saturated heterocycles. The second kappa shape index (κ2) is 6.27. The molecule has 4 N–H and O–H groups in total. The largest absolute Gasteiger partial charge is 0.462 e. The number of aromatic nitrogens is 2. The molecule has 0 unspecified atom stereocenters. The molecule has 1 aromatic heterocycles. The van der Waals surface area contributed by atoms with Crippen molar-refractivity contribution < 1.29 is 18.7 Å². The lowest BCUT2D eigenvalue weighted by molar-refractivity contribution is -0.139. The Kier molecular flexibility index (Phi) is 4.14. The molecular weight excluding hydrogens is 333 g/mol. The Morgan fingerprint density at radius 1 is 1.36 bits per heavy atom. The van der Waals surface area contributed by atoms with E-state index >= 15 is 0 Å². The molecule has 1 atom stereocenters. The Balaban J connectivity index is 2.30. The highest BCUT2D eigenvalue weighted by atomic mass is 19.1. The van der Waals surface area contributed by atoms with E-state index in [0.717, 1.165) is 6.07 Å². The average molecular weight is 347 g/mol. The summed E-state index contributed by atoms with van der Waals surface area (Å²) in [6.45, 7) is 1.67. The van der Waals surface area contributed by atoms with Crippen LogP contribution in [0.1, 0.15) is 24.0 Å². The molecule has 130 valence electrons. The van der Waals surface area contributed by atoms with Crippen LogP contribution in [0.4, 0.5) is 4.39 Å². The van der Waals surface area contributed by atoms with Gasteiger partial charge < -0.3 is 15.2 Å². The number of fused-ring (bicyclic) bond motifs is 1. The fraction of sp³-hybridized carbons (Fsp3) is 0.188. The van der Waals surface area contributed by atoms with Crippen LogP contribution < -0.4 is 21.7 Å². The molecule has 25 heavy (non-hydrogen) atoms. The van der Waals surface area contributed by atoms with Crippen molar-refractivity contribution in [2.24, 2.45) is 5.73 Å². The highest BCUT2D eigenvalue weighted by Gasteiger charge is 2.38. The van der Waals surface area contributed by atoms with E-state index in [-0.39, 0.29) is 35.1 Å². The summed E-state index contributed by atoms with van der Waals surface area (Å²) in [6, 6.07) is 5.34. The molecule has 3 rings (SSSR count). The first kappa shape index (κ1) is 16.5. The number of H-pyrrole nitrogens is 2. The lowest BCUT2D eigenvalue weighted by Crippen LogP contribution is -2.35. The molecular formula is C16H14FN3O5. The maximum Gasteiger partial charge on any atom is 0.340 e. The topological polar surface area (TPSA) is 127 Å². The predicted octanol–water partition coefficient (Wildman–Crippen LogP) is 0.460. The van der Waals surface area contributed by atoms with Crippen LogP contribution in [-0.2, 0) is 9.53 Å². The molecule has 0 bridgehead atoms. The van der Waals surface area contributed by atoms with Crippen LogP contribution in [0.3, 0.4) is 0 Å². The van der Waals surface area contributed by atoms with Crippen LogP contribution in [0.2, 0.25) is 0 Å². The predicted molar refractivity (Wildman–Crippen MR) is 84.4 cm³/mol. The van der Waals surface area contributed by atoms with Crippen molar-refractivity contribution in [3.8, 4) is 5.88 Å². The second-order valence-corrected chi connectivity index (χ2v) is 5.24. The van der Waals surface area contributed by atoms with Gasteiger partial charge in [-0.3, -0.25) is 14.8 Å². The number of nitrogens with one attached hydrogen (secondary N) is 2. The number of halogens is 1. The highest BCUT2D eigenvalue weighted by Crippen LogP contribution is 2.39. The lowest BCUT2D eigenvalue weighted by Gasteiger charge is -2.26. The third-order valence-corrected chi connectivity index (χ3v) is 3.68. The standard InChI is InChI=1S/C16H14FN3O5/c1-2-24-15(22)10-9(7-4-3-5-8(17)6-7)11-13(21)19-16(23)20-14(11)25-12(10)18/h3-6,9H,2,18H2,1H3,(H2,19,20,21,23)/t9-/m1/s1. The Morgan fingerprint density at radius 3 is 2.80 bits per heavy atom. The van der Waals surface area contributed by atoms with Gasteiger partial charge in [0.15, 0.2) is 0 Å². The fourth-order valence-corrected chi connectivity index (χ4v) is 2.72. The number of esters is 1. The molecule has 1 aliphatic heterocycles. The average Bonchev–Trinajstić information content (AvgIpc) is 2.53. The Labute approximate surface area is 140 Å². The Morgan fingerprint density at radius 2 is 2.12 bits per heavy atom. The third-order valence-electron chi connectivity index (χ3n) is 3.68. The summed E-state index contributed by atoms with van der Waals surface area (Å²) in [5, 5.41) is 0. The first-order valence-corrected chi connectivity index (χ1v) is 7.39. The highest BCUT2D eigenvalue weighted by molar-refractivity contribution is 5.92. The molecule has 1 aromatic carbocycles. The van der Waals surface area contributed by atoms with Crippen molar-refractivity contribution in [1.82, 2.24) is 9.97 Å². The summed E-state index contributed by atoms with van der Waals surface area (Å²) in [7, 11) is 0. The van der Waals surface area contributed by atoms with Gasteiger partial charge in [-0.05, 0) is 24.6 Å². The second-order valence-electron chi connectivity index (χ2n) is 5.24. The van der Waals surface area contributed by atoms with Gasteiger partial charge in [-0.1, -0.05) is 12.1 Å². The van der Waals surface area contributed by atoms with E-state index in [1.807, 2.05) is 0 Å². The third kappa shape index (κ3) is 2.91. The van der Waals surface area contributed by atoms with E-state index in [2.05, 4.69) is 9.97 Å². The van der Waals surface area contributed by atoms with Crippen LogP contribution in [0.15, 0.2) is 45.3 Å². The number of carbonyl (C=O) groups excluding carboxylic acids is 1. The molecule has 0 aliphatic carbocycles. The van der Waals surface area contributed by atoms with Gasteiger partial charge in [0.25, 0.3) is 5.56 Å². The molecule has 0 amide bonds. The smallest absolute Gasteiger partial charge is 0.340 e. The van der Waals surface area contributed by atoms with Crippen molar-refractivity contribution in [2.75, 3.05) is 6.61 Å². The number of hydrogen-bond acceptors (Lipinski definition) is 6. The van der Waals surface area contributed by atoms with Gasteiger partial charge >= 0.3 is 11.7 Å². The van der Waals surface area contributed by atoms with Gasteiger partial charge in [-0.15, -0.1) is 0 Å². The van der Waals surface area contributed by atoms with Gasteiger partial charge in [0.05, 0.1) is 18.1 Å². The minimum atomic E-state index is -1.06. The normalized spacial score (nSPS) is 16.2. The quantitative estimate of drug-likeness (QED) is 0.692. The summed E-state index contributed by atoms with van der Waals surface area (Å²) in [6.07, 6.45) is 0. The molecule has 0 spiro atoms. The summed E-state index contributed by atoms with van der Waals surface area (Å²) in [5.41, 5.74) is 4.32. The monoisotopic (exact) mass is 347 g/mol. The maximum absolute atomic E-state index is 13.7. The minimum absolute atomic E-state index is 0.0672. The van der Waals surface area contributed by atoms with Gasteiger partial charge in [-0.25, -0.2) is 14.0 Å². The van der Waals surface area contributed by atoms with Crippen molar-refractivity contribution in [1.29, 1.82) is 0 Å². The zero-order valence-corrected chi connectivity index (χ0v) is 13.1. The maximum atomic E-state index is 13.7. The van der Waals surface area contributed by atoms with E-state index in [4.69, 9.17) is 15.2 Å². The zero-order valence-electron chi connectivity index (χ0n) is 13.1. The molecule has 0 radical (unpaired) electrons. The Hall–Kier alpha value is -3.36. The molecule has 2 heterocycles. The minimum Gasteiger partial charge on any atom is -0.462 e. The number of nitrogens with two attached hydrogens (primary N) is 1. The van der Waals surface area contributed by atoms with Crippen LogP contribution in [-0.4, -0.2) is 22.5 Å². The van der Waals surface area contributed by atoms with Crippen LogP contribution in [0.25, 0.3) is 0 Å². The van der Waals surface area contributed by atoms with E-state index in [0.29, 0.717) is 0 Å². The van der Waals surface area contributed by atoms with E-state index in [1.165, 1.54) is 18.2 Å². The van der Waals surface area contributed by atoms with Crippen molar-refractivity contribution in [2.45, 2.75) is 12.8 Å². The van der Waals surface area contributed by atoms with Gasteiger partial charge in [-0.2, -0.15) is 0 Å². The number of carbonyl (C=O) groups is 1. The Bertz CT molecular complexity index is 992. The summed E-state index contributed by atoms with van der Waals surface area (Å²) in [5.74, 6) is -2.95. The molecule has 2 aromatic rings. The van der Waals surface area contributed by atoms with Crippen LogP contribution in [0, 0.1) is 5.82 Å². The number of benzene rings is 1. The number of rotatable bonds is 3. The molecule has 9 heteroatoms. The van der Waals surface area contributed by atoms with E-state index in [1.54, 1.807) is 6.92 Å². The first-order valence-electron chi connectivity index (χ1n) is 7.39. The van der Waals surface area contributed by atoms with Gasteiger partial charge in [0.2, 0.25) is 11.8 Å². The van der Waals surface area contributed by atoms with Crippen molar-refractivity contribution >= 4 is 5.97 Å². The molecule has 1 aliphatic rings. The van der Waals surface area contributed by atoms with Gasteiger partial charge in [0.1, 0.15) is 11.4 Å². The van der Waals surface area contributed by atoms with Crippen LogP contribution in [0.5, 0.6) is 5.88 Å². The summed E-state index contributed by atoms with van der Waals surface area (Å²) in [4.78, 5) is 40.5. The van der Waals surface area contributed by atoms with Crippen LogP contribution >= 0.6 is 0 Å². The number of aromatic amines is 2. The van der Waals surface area contributed by atoms with E-state index < -0.39 is 29.0 Å². The molecule has 0 fully saturated rings. The lowest BCUT2D eigenvalue weighted by atomic mass is 9.84. The fourth-order valence-electron chi connectivity index (χ4n) is 2.72. The van der Waals surface area contributed by atoms with Gasteiger partial charge in [0, 0.05) is 0 Å².